The zero-order valence-corrected chi connectivity index (χ0v) is 15.9. The van der Waals surface area contributed by atoms with Crippen LogP contribution in [0.4, 0.5) is 0 Å². The molecule has 0 aromatic carbocycles. The Balaban J connectivity index is 2.05. The quantitative estimate of drug-likeness (QED) is 0.871. The van der Waals surface area contributed by atoms with E-state index in [0.29, 0.717) is 46.2 Å². The molecule has 1 aliphatic heterocycles. The Labute approximate surface area is 154 Å². The van der Waals surface area contributed by atoms with Crippen LogP contribution in [0.15, 0.2) is 4.79 Å². The van der Waals surface area contributed by atoms with E-state index in [9.17, 15) is 19.5 Å². The first-order valence-corrected chi connectivity index (χ1v) is 9.10. The fourth-order valence-electron chi connectivity index (χ4n) is 3.20. The number of carbonyl (C=O) groups excluding carboxylic acids is 1. The SMILES string of the molecule is Cc1nc(-c2c(C)c(C)nn(C)c2=O)sc1C(=O)N1CCC[C@H]1C(=O)O. The average molecular weight is 376 g/mol. The van der Waals surface area contributed by atoms with Gasteiger partial charge in [0.15, 0.2) is 0 Å². The number of rotatable bonds is 3. The second kappa shape index (κ2) is 6.64. The van der Waals surface area contributed by atoms with E-state index in [2.05, 4.69) is 10.1 Å². The molecule has 26 heavy (non-hydrogen) atoms. The number of amides is 1. The van der Waals surface area contributed by atoms with Gasteiger partial charge in [-0.25, -0.2) is 14.5 Å². The van der Waals surface area contributed by atoms with Crippen LogP contribution in [0.25, 0.3) is 10.6 Å². The van der Waals surface area contributed by atoms with Gasteiger partial charge in [0.2, 0.25) is 0 Å². The second-order valence-corrected chi connectivity index (χ2v) is 7.44. The van der Waals surface area contributed by atoms with E-state index in [4.69, 9.17) is 0 Å². The highest BCUT2D eigenvalue weighted by Gasteiger charge is 2.36. The van der Waals surface area contributed by atoms with Gasteiger partial charge in [-0.05, 0) is 39.2 Å². The van der Waals surface area contributed by atoms with Crippen LogP contribution < -0.4 is 5.56 Å². The molecule has 9 heteroatoms. The first-order valence-electron chi connectivity index (χ1n) is 8.28. The number of aromatic nitrogens is 3. The molecule has 2 aromatic rings. The summed E-state index contributed by atoms with van der Waals surface area (Å²) in [6.07, 6.45) is 1.12. The minimum absolute atomic E-state index is 0.273. The summed E-state index contributed by atoms with van der Waals surface area (Å²) in [6, 6.07) is -0.801. The maximum absolute atomic E-state index is 12.9. The van der Waals surface area contributed by atoms with Crippen molar-refractivity contribution in [3.8, 4) is 10.6 Å². The summed E-state index contributed by atoms with van der Waals surface area (Å²) in [7, 11) is 1.58. The molecule has 0 radical (unpaired) electrons. The molecule has 138 valence electrons. The lowest BCUT2D eigenvalue weighted by Gasteiger charge is -2.20. The Bertz CT molecular complexity index is 962. The van der Waals surface area contributed by atoms with Crippen molar-refractivity contribution in [2.24, 2.45) is 7.05 Å². The van der Waals surface area contributed by atoms with Crippen LogP contribution in [-0.2, 0) is 11.8 Å². The molecule has 1 amide bonds. The van der Waals surface area contributed by atoms with Crippen LogP contribution in [0.5, 0.6) is 0 Å². The van der Waals surface area contributed by atoms with Gasteiger partial charge in [0, 0.05) is 13.6 Å². The van der Waals surface area contributed by atoms with E-state index in [-0.39, 0.29) is 11.5 Å². The molecule has 0 saturated carbocycles. The lowest BCUT2D eigenvalue weighted by atomic mass is 10.1. The van der Waals surface area contributed by atoms with Crippen LogP contribution in [0.1, 0.15) is 39.5 Å². The van der Waals surface area contributed by atoms with E-state index in [1.807, 2.05) is 6.92 Å². The fraction of sp³-hybridized carbons (Fsp3) is 0.471. The number of likely N-dealkylation sites (tertiary alicyclic amines) is 1. The van der Waals surface area contributed by atoms with E-state index in [1.165, 1.54) is 9.58 Å². The molecular formula is C17H20N4O4S. The molecule has 1 saturated heterocycles. The number of nitrogens with zero attached hydrogens (tertiary/aromatic N) is 4. The molecule has 3 heterocycles. The highest BCUT2D eigenvalue weighted by Crippen LogP contribution is 2.31. The number of carboxylic acid groups (broad SMARTS) is 1. The molecule has 1 fully saturated rings. The molecular weight excluding hydrogens is 356 g/mol. The minimum Gasteiger partial charge on any atom is -0.480 e. The molecule has 8 nitrogen and oxygen atoms in total. The summed E-state index contributed by atoms with van der Waals surface area (Å²) in [5.74, 6) is -1.33. The van der Waals surface area contributed by atoms with E-state index >= 15 is 0 Å². The van der Waals surface area contributed by atoms with Crippen molar-refractivity contribution in [1.29, 1.82) is 0 Å². The normalized spacial score (nSPS) is 16.9. The van der Waals surface area contributed by atoms with Crippen molar-refractivity contribution in [3.05, 3.63) is 32.2 Å². The Morgan fingerprint density at radius 3 is 2.58 bits per heavy atom. The van der Waals surface area contributed by atoms with Crippen molar-refractivity contribution in [2.75, 3.05) is 6.54 Å². The predicted molar refractivity (Wildman–Crippen MR) is 96.5 cm³/mol. The topological polar surface area (TPSA) is 105 Å². The highest BCUT2D eigenvalue weighted by molar-refractivity contribution is 7.17. The summed E-state index contributed by atoms with van der Waals surface area (Å²) < 4.78 is 1.26. The number of carboxylic acids is 1. The minimum atomic E-state index is -0.993. The standard InChI is InChI=1S/C17H20N4O4S/c1-8-9(2)19-20(4)15(22)12(8)14-18-10(3)13(26-14)16(23)21-7-5-6-11(21)17(24)25/h11H,5-7H2,1-4H3,(H,24,25)/t11-/m0/s1. The Morgan fingerprint density at radius 1 is 1.23 bits per heavy atom. The summed E-state index contributed by atoms with van der Waals surface area (Å²) in [5, 5.41) is 13.9. The van der Waals surface area contributed by atoms with Gasteiger partial charge < -0.3 is 10.0 Å². The highest BCUT2D eigenvalue weighted by atomic mass is 32.1. The first-order chi connectivity index (χ1) is 12.2. The molecule has 0 aliphatic carbocycles. The number of hydrogen-bond donors (Lipinski definition) is 1. The Hall–Kier alpha value is -2.55. The first kappa shape index (κ1) is 18.2. The molecule has 2 aromatic heterocycles. The summed E-state index contributed by atoms with van der Waals surface area (Å²) in [4.78, 5) is 43.0. The third kappa shape index (κ3) is 2.92. The van der Waals surface area contributed by atoms with E-state index < -0.39 is 12.0 Å². The van der Waals surface area contributed by atoms with Crippen molar-refractivity contribution >= 4 is 23.2 Å². The maximum atomic E-state index is 12.9. The van der Waals surface area contributed by atoms with Crippen LogP contribution in [-0.4, -0.2) is 49.2 Å². The van der Waals surface area contributed by atoms with E-state index in [1.54, 1.807) is 20.9 Å². The van der Waals surface area contributed by atoms with Crippen LogP contribution in [0.2, 0.25) is 0 Å². The summed E-state index contributed by atoms with van der Waals surface area (Å²) >= 11 is 1.13. The smallest absolute Gasteiger partial charge is 0.326 e. The molecule has 1 aliphatic rings. The Morgan fingerprint density at radius 2 is 1.92 bits per heavy atom. The van der Waals surface area contributed by atoms with Crippen molar-refractivity contribution < 1.29 is 14.7 Å². The Kier molecular flexibility index (Phi) is 4.66. The number of carbonyl (C=O) groups is 2. The van der Waals surface area contributed by atoms with Gasteiger partial charge in [0.1, 0.15) is 15.9 Å². The zero-order chi connectivity index (χ0) is 19.2. The largest absolute Gasteiger partial charge is 0.480 e. The number of aryl methyl sites for hydroxylation is 3. The van der Waals surface area contributed by atoms with Crippen LogP contribution in [0.3, 0.4) is 0 Å². The molecule has 0 unspecified atom stereocenters. The van der Waals surface area contributed by atoms with Gasteiger partial charge in [0.25, 0.3) is 11.5 Å². The number of aliphatic carboxylic acids is 1. The molecule has 1 atom stereocenters. The third-order valence-corrected chi connectivity index (χ3v) is 5.89. The monoisotopic (exact) mass is 376 g/mol. The number of hydrogen-bond acceptors (Lipinski definition) is 6. The zero-order valence-electron chi connectivity index (χ0n) is 15.1. The molecule has 1 N–H and O–H groups in total. The summed E-state index contributed by atoms with van der Waals surface area (Å²) in [5.41, 5.74) is 2.11. The van der Waals surface area contributed by atoms with Crippen molar-refractivity contribution in [2.45, 2.75) is 39.7 Å². The van der Waals surface area contributed by atoms with Gasteiger partial charge in [0.05, 0.1) is 17.0 Å². The molecule has 0 bridgehead atoms. The van der Waals surface area contributed by atoms with Gasteiger partial charge in [-0.15, -0.1) is 11.3 Å². The molecule has 0 spiro atoms. The molecule has 3 rings (SSSR count). The maximum Gasteiger partial charge on any atom is 0.326 e. The van der Waals surface area contributed by atoms with Gasteiger partial charge >= 0.3 is 5.97 Å². The second-order valence-electron chi connectivity index (χ2n) is 6.44. The average Bonchev–Trinajstić information content (AvgIpc) is 3.20. The van der Waals surface area contributed by atoms with E-state index in [0.717, 1.165) is 16.9 Å². The third-order valence-electron chi connectivity index (χ3n) is 4.73. The lowest BCUT2D eigenvalue weighted by molar-refractivity contribution is -0.141. The van der Waals surface area contributed by atoms with Gasteiger partial charge in [-0.2, -0.15) is 5.10 Å². The summed E-state index contributed by atoms with van der Waals surface area (Å²) in [6.45, 7) is 5.73. The van der Waals surface area contributed by atoms with Gasteiger partial charge in [-0.1, -0.05) is 0 Å². The number of thiazole rings is 1. The van der Waals surface area contributed by atoms with Crippen molar-refractivity contribution in [3.63, 3.8) is 0 Å². The fourth-order valence-corrected chi connectivity index (χ4v) is 4.32. The predicted octanol–water partition coefficient (Wildman–Crippen LogP) is 1.52. The van der Waals surface area contributed by atoms with Crippen LogP contribution in [0, 0.1) is 20.8 Å². The van der Waals surface area contributed by atoms with Crippen LogP contribution >= 0.6 is 11.3 Å². The van der Waals surface area contributed by atoms with Crippen molar-refractivity contribution in [1.82, 2.24) is 19.7 Å². The lowest BCUT2D eigenvalue weighted by Crippen LogP contribution is -2.40. The van der Waals surface area contributed by atoms with Gasteiger partial charge in [-0.3, -0.25) is 9.59 Å².